The summed E-state index contributed by atoms with van der Waals surface area (Å²) < 4.78 is 0. The Hall–Kier alpha value is -2.22. The first-order valence-electron chi connectivity index (χ1n) is 7.99. The Kier molecular flexibility index (Phi) is 4.05. The summed E-state index contributed by atoms with van der Waals surface area (Å²) in [5.74, 6) is 0.474. The molecule has 0 aliphatic heterocycles. The molecule has 0 saturated heterocycles. The number of benzene rings is 1. The van der Waals surface area contributed by atoms with E-state index in [-0.39, 0.29) is 0 Å². The summed E-state index contributed by atoms with van der Waals surface area (Å²) in [6.45, 7) is 0. The lowest BCUT2D eigenvalue weighted by molar-refractivity contribution is 0.571. The van der Waals surface area contributed by atoms with Crippen molar-refractivity contribution in [2.45, 2.75) is 30.2 Å². The Labute approximate surface area is 151 Å². The molecule has 118 valence electrons. The predicted octanol–water partition coefficient (Wildman–Crippen LogP) is 4.86. The standard InChI is InChI=1S/C20H16N2S2/c21-12-16-19(18-7-4-10-24-18)15-11-14(13-5-2-1-3-6-13)8-9-17(15)22-20(16)23/h1-7,10,14H,8-9,11H2,(H,22,23)/p-1/t14-/m0/s1. The molecule has 1 atom stereocenters. The van der Waals surface area contributed by atoms with Gasteiger partial charge in [-0.1, -0.05) is 41.4 Å². The largest absolute Gasteiger partial charge is 0.759 e. The van der Waals surface area contributed by atoms with Crippen molar-refractivity contribution in [1.82, 2.24) is 4.98 Å². The molecule has 0 N–H and O–H groups in total. The predicted molar refractivity (Wildman–Crippen MR) is 99.1 cm³/mol. The van der Waals surface area contributed by atoms with Gasteiger partial charge in [0.15, 0.2) is 0 Å². The van der Waals surface area contributed by atoms with Crippen LogP contribution in [0, 0.1) is 11.3 Å². The lowest BCUT2D eigenvalue weighted by Crippen LogP contribution is -2.17. The van der Waals surface area contributed by atoms with Crippen LogP contribution in [0.15, 0.2) is 52.9 Å². The maximum atomic E-state index is 9.63. The van der Waals surface area contributed by atoms with Crippen molar-refractivity contribution < 1.29 is 0 Å². The van der Waals surface area contributed by atoms with Crippen LogP contribution in [0.5, 0.6) is 0 Å². The summed E-state index contributed by atoms with van der Waals surface area (Å²) in [6.07, 6.45) is 2.92. The molecule has 0 bridgehead atoms. The number of thiophene rings is 1. The highest BCUT2D eigenvalue weighted by Gasteiger charge is 2.26. The van der Waals surface area contributed by atoms with Gasteiger partial charge in [0.25, 0.3) is 0 Å². The van der Waals surface area contributed by atoms with E-state index in [1.165, 1.54) is 11.1 Å². The van der Waals surface area contributed by atoms with Crippen molar-refractivity contribution in [3.63, 3.8) is 0 Å². The van der Waals surface area contributed by atoms with E-state index in [0.29, 0.717) is 16.5 Å². The highest BCUT2D eigenvalue weighted by molar-refractivity contribution is 7.58. The molecule has 0 spiro atoms. The fourth-order valence-electron chi connectivity index (χ4n) is 3.54. The number of nitrogens with zero attached hydrogens (tertiary/aromatic N) is 2. The van der Waals surface area contributed by atoms with Gasteiger partial charge in [0.05, 0.1) is 11.6 Å². The maximum absolute atomic E-state index is 9.63. The zero-order valence-electron chi connectivity index (χ0n) is 13.0. The van der Waals surface area contributed by atoms with Crippen molar-refractivity contribution >= 4 is 24.0 Å². The van der Waals surface area contributed by atoms with Crippen molar-refractivity contribution in [3.8, 4) is 16.5 Å². The van der Waals surface area contributed by atoms with E-state index in [1.807, 2.05) is 11.4 Å². The molecule has 1 aliphatic rings. The van der Waals surface area contributed by atoms with Gasteiger partial charge in [-0.15, -0.1) is 11.3 Å². The van der Waals surface area contributed by atoms with Gasteiger partial charge in [-0.25, -0.2) is 0 Å². The molecule has 2 nitrogen and oxygen atoms in total. The third kappa shape index (κ3) is 2.60. The quantitative estimate of drug-likeness (QED) is 0.621. The van der Waals surface area contributed by atoms with Gasteiger partial charge >= 0.3 is 0 Å². The highest BCUT2D eigenvalue weighted by Crippen LogP contribution is 2.40. The number of hydrogen-bond acceptors (Lipinski definition) is 4. The van der Waals surface area contributed by atoms with Crippen LogP contribution >= 0.6 is 11.3 Å². The summed E-state index contributed by atoms with van der Waals surface area (Å²) in [5, 5.41) is 12.1. The van der Waals surface area contributed by atoms with Crippen molar-refractivity contribution in [1.29, 1.82) is 5.26 Å². The Morgan fingerprint density at radius 3 is 2.71 bits per heavy atom. The number of aryl methyl sites for hydroxylation is 1. The van der Waals surface area contributed by atoms with E-state index in [4.69, 9.17) is 12.6 Å². The summed E-state index contributed by atoms with van der Waals surface area (Å²) >= 11 is 7.05. The van der Waals surface area contributed by atoms with Gasteiger partial charge in [0.2, 0.25) is 0 Å². The van der Waals surface area contributed by atoms with Crippen LogP contribution in [0.2, 0.25) is 0 Å². The van der Waals surface area contributed by atoms with Crippen LogP contribution in [0.25, 0.3) is 10.4 Å². The van der Waals surface area contributed by atoms with E-state index in [2.05, 4.69) is 47.5 Å². The molecular formula is C20H15N2S2-. The van der Waals surface area contributed by atoms with Gasteiger partial charge in [-0.2, -0.15) is 5.26 Å². The molecule has 4 heteroatoms. The molecular weight excluding hydrogens is 332 g/mol. The average molecular weight is 347 g/mol. The molecule has 0 radical (unpaired) electrons. The van der Waals surface area contributed by atoms with Gasteiger partial charge < -0.3 is 12.6 Å². The molecule has 0 fully saturated rings. The second-order valence-corrected chi connectivity index (χ2v) is 7.37. The number of nitriles is 1. The molecule has 4 rings (SSSR count). The molecule has 1 aliphatic carbocycles. The minimum atomic E-state index is 0.442. The van der Waals surface area contributed by atoms with Crippen molar-refractivity contribution in [3.05, 3.63) is 70.2 Å². The number of fused-ring (bicyclic) bond motifs is 1. The minimum absolute atomic E-state index is 0.442. The smallest absolute Gasteiger partial charge is 0.0998 e. The summed E-state index contributed by atoms with van der Waals surface area (Å²) in [6, 6.07) is 17.0. The van der Waals surface area contributed by atoms with Crippen LogP contribution in [-0.2, 0) is 25.5 Å². The van der Waals surface area contributed by atoms with Crippen molar-refractivity contribution in [2.24, 2.45) is 0 Å². The second kappa shape index (κ2) is 6.35. The number of rotatable bonds is 2. The van der Waals surface area contributed by atoms with Crippen molar-refractivity contribution in [2.75, 3.05) is 0 Å². The number of hydrogen-bond donors (Lipinski definition) is 0. The topological polar surface area (TPSA) is 36.7 Å². The second-order valence-electron chi connectivity index (χ2n) is 6.03. The fourth-order valence-corrected chi connectivity index (χ4v) is 4.60. The summed E-state index contributed by atoms with van der Waals surface area (Å²) in [5.41, 5.74) is 5.22. The Morgan fingerprint density at radius 1 is 1.17 bits per heavy atom. The van der Waals surface area contributed by atoms with Gasteiger partial charge in [0, 0.05) is 16.1 Å². The van der Waals surface area contributed by atoms with E-state index in [1.54, 1.807) is 11.3 Å². The van der Waals surface area contributed by atoms with Gasteiger partial charge in [0.1, 0.15) is 0 Å². The molecule has 24 heavy (non-hydrogen) atoms. The van der Waals surface area contributed by atoms with Crippen LogP contribution in [0.4, 0.5) is 0 Å². The SMILES string of the molecule is N#Cc1c([S-])nc2c(c1-c1cccs1)C[C@@H](c1ccccc1)CC2. The first-order chi connectivity index (χ1) is 11.8. The molecule has 0 saturated carbocycles. The lowest BCUT2D eigenvalue weighted by atomic mass is 9.79. The normalized spacial score (nSPS) is 16.4. The van der Waals surface area contributed by atoms with E-state index >= 15 is 0 Å². The lowest BCUT2D eigenvalue weighted by Gasteiger charge is -2.28. The number of pyridine rings is 1. The average Bonchev–Trinajstić information content (AvgIpc) is 3.15. The molecule has 3 aromatic rings. The highest BCUT2D eigenvalue weighted by atomic mass is 32.1. The minimum Gasteiger partial charge on any atom is -0.759 e. The third-order valence-electron chi connectivity index (χ3n) is 4.68. The van der Waals surface area contributed by atoms with Crippen LogP contribution in [0.1, 0.15) is 34.7 Å². The zero-order chi connectivity index (χ0) is 16.5. The zero-order valence-corrected chi connectivity index (χ0v) is 14.7. The first-order valence-corrected chi connectivity index (χ1v) is 9.28. The van der Waals surface area contributed by atoms with E-state index < -0.39 is 0 Å². The van der Waals surface area contributed by atoms with Crippen LogP contribution < -0.4 is 0 Å². The Morgan fingerprint density at radius 2 is 2.00 bits per heavy atom. The van der Waals surface area contributed by atoms with Gasteiger partial charge in [-0.05, 0) is 47.8 Å². The summed E-state index contributed by atoms with van der Waals surface area (Å²) in [7, 11) is 0. The molecule has 2 heterocycles. The molecule has 0 amide bonds. The number of aromatic nitrogens is 1. The van der Waals surface area contributed by atoms with E-state index in [9.17, 15) is 5.26 Å². The maximum Gasteiger partial charge on any atom is 0.0998 e. The Bertz CT molecular complexity index is 909. The van der Waals surface area contributed by atoms with Gasteiger partial charge in [-0.3, -0.25) is 4.98 Å². The molecule has 1 aromatic carbocycles. The monoisotopic (exact) mass is 347 g/mol. The Balaban J connectivity index is 1.86. The molecule has 2 aromatic heterocycles. The van der Waals surface area contributed by atoms with Crippen LogP contribution in [0.3, 0.4) is 0 Å². The first kappa shape index (κ1) is 15.3. The van der Waals surface area contributed by atoms with Crippen LogP contribution in [-0.4, -0.2) is 4.98 Å². The summed E-state index contributed by atoms with van der Waals surface area (Å²) in [4.78, 5) is 5.70. The fraction of sp³-hybridized carbons (Fsp3) is 0.200. The molecule has 0 unspecified atom stereocenters. The van der Waals surface area contributed by atoms with E-state index in [0.717, 1.165) is 35.4 Å². The third-order valence-corrected chi connectivity index (χ3v) is 5.86.